The molecule has 1 aromatic carbocycles. The first-order valence-corrected chi connectivity index (χ1v) is 6.90. The molecule has 0 aromatic heterocycles. The summed E-state index contributed by atoms with van der Waals surface area (Å²) in [6.07, 6.45) is 2.33. The van der Waals surface area contributed by atoms with Gasteiger partial charge in [0, 0.05) is 30.6 Å². The molecule has 106 valence electrons. The number of nitrogens with one attached hydrogen (secondary N) is 1. The van der Waals surface area contributed by atoms with E-state index in [1.165, 1.54) is 5.56 Å². The second kappa shape index (κ2) is 7.40. The largest absolute Gasteiger partial charge is 0.338 e. The summed E-state index contributed by atoms with van der Waals surface area (Å²) < 4.78 is 0. The molecule has 2 amide bonds. The van der Waals surface area contributed by atoms with Gasteiger partial charge in [-0.2, -0.15) is 0 Å². The topological polar surface area (TPSA) is 81.1 Å². The molecule has 1 heterocycles. The minimum atomic E-state index is -0.0275. The third-order valence-electron chi connectivity index (χ3n) is 3.50. The van der Waals surface area contributed by atoms with E-state index in [2.05, 4.69) is 27.5 Å². The lowest BCUT2D eigenvalue weighted by Crippen LogP contribution is -2.45. The zero-order valence-corrected chi connectivity index (χ0v) is 11.4. The van der Waals surface area contributed by atoms with Crippen molar-refractivity contribution in [3.63, 3.8) is 0 Å². The number of rotatable bonds is 4. The van der Waals surface area contributed by atoms with Crippen molar-refractivity contribution in [2.45, 2.75) is 25.3 Å². The lowest BCUT2D eigenvalue weighted by Gasteiger charge is -2.30. The van der Waals surface area contributed by atoms with Crippen LogP contribution in [0.15, 0.2) is 35.4 Å². The summed E-state index contributed by atoms with van der Waals surface area (Å²) in [6.45, 7) is 1.95. The van der Waals surface area contributed by atoms with Crippen molar-refractivity contribution in [3.05, 3.63) is 46.3 Å². The zero-order chi connectivity index (χ0) is 14.2. The van der Waals surface area contributed by atoms with E-state index in [0.29, 0.717) is 19.6 Å². The molecule has 1 aliphatic rings. The zero-order valence-electron chi connectivity index (χ0n) is 11.4. The predicted octanol–water partition coefficient (Wildman–Crippen LogP) is 2.71. The van der Waals surface area contributed by atoms with Crippen LogP contribution in [0.1, 0.15) is 18.4 Å². The summed E-state index contributed by atoms with van der Waals surface area (Å²) in [7, 11) is 0. The van der Waals surface area contributed by atoms with Gasteiger partial charge in [0.1, 0.15) is 0 Å². The molecule has 0 saturated carbocycles. The average molecular weight is 273 g/mol. The van der Waals surface area contributed by atoms with Crippen molar-refractivity contribution >= 4 is 6.03 Å². The maximum Gasteiger partial charge on any atom is 0.317 e. The van der Waals surface area contributed by atoms with Crippen molar-refractivity contribution in [2.75, 3.05) is 19.6 Å². The molecule has 0 aliphatic carbocycles. The first-order chi connectivity index (χ1) is 9.79. The van der Waals surface area contributed by atoms with Gasteiger partial charge in [0.15, 0.2) is 0 Å². The summed E-state index contributed by atoms with van der Waals surface area (Å²) in [5.74, 6) is 0. The van der Waals surface area contributed by atoms with Gasteiger partial charge in [-0.3, -0.25) is 0 Å². The fourth-order valence-corrected chi connectivity index (χ4v) is 2.33. The van der Waals surface area contributed by atoms with E-state index in [1.807, 2.05) is 18.2 Å². The van der Waals surface area contributed by atoms with Gasteiger partial charge < -0.3 is 10.2 Å². The van der Waals surface area contributed by atoms with E-state index in [-0.39, 0.29) is 12.1 Å². The monoisotopic (exact) mass is 273 g/mol. The van der Waals surface area contributed by atoms with Crippen molar-refractivity contribution < 1.29 is 4.79 Å². The average Bonchev–Trinajstić information content (AvgIpc) is 2.49. The van der Waals surface area contributed by atoms with Crippen LogP contribution in [0.3, 0.4) is 0 Å². The maximum absolute atomic E-state index is 12.0. The van der Waals surface area contributed by atoms with Crippen LogP contribution in [-0.4, -0.2) is 36.6 Å². The molecule has 0 atom stereocenters. The highest BCUT2D eigenvalue weighted by Crippen LogP contribution is 2.13. The lowest BCUT2D eigenvalue weighted by atomic mass is 10.1. The molecule has 1 aliphatic heterocycles. The molecule has 0 unspecified atom stereocenters. The van der Waals surface area contributed by atoms with Crippen LogP contribution in [0.5, 0.6) is 0 Å². The minimum Gasteiger partial charge on any atom is -0.338 e. The van der Waals surface area contributed by atoms with Crippen LogP contribution in [0.2, 0.25) is 0 Å². The Bertz CT molecular complexity index is 476. The first kappa shape index (κ1) is 14.2. The normalized spacial score (nSPS) is 15.5. The van der Waals surface area contributed by atoms with E-state index in [1.54, 1.807) is 4.90 Å². The van der Waals surface area contributed by atoms with Crippen molar-refractivity contribution in [2.24, 2.45) is 5.11 Å². The summed E-state index contributed by atoms with van der Waals surface area (Å²) in [4.78, 5) is 16.6. The second-order valence-corrected chi connectivity index (χ2v) is 4.89. The Hall–Kier alpha value is -2.20. The third kappa shape index (κ3) is 4.17. The Balaban J connectivity index is 1.69. The van der Waals surface area contributed by atoms with Crippen molar-refractivity contribution in [3.8, 4) is 0 Å². The number of piperidine rings is 1. The van der Waals surface area contributed by atoms with E-state index in [0.717, 1.165) is 19.3 Å². The smallest absolute Gasteiger partial charge is 0.317 e. The summed E-state index contributed by atoms with van der Waals surface area (Å²) in [5.41, 5.74) is 9.60. The van der Waals surface area contributed by atoms with E-state index < -0.39 is 0 Å². The number of azide groups is 1. The van der Waals surface area contributed by atoms with Crippen LogP contribution in [-0.2, 0) is 6.42 Å². The quantitative estimate of drug-likeness (QED) is 0.511. The van der Waals surface area contributed by atoms with E-state index in [4.69, 9.17) is 5.53 Å². The van der Waals surface area contributed by atoms with Gasteiger partial charge in [-0.25, -0.2) is 4.79 Å². The van der Waals surface area contributed by atoms with Crippen LogP contribution in [0.4, 0.5) is 4.79 Å². The van der Waals surface area contributed by atoms with Gasteiger partial charge in [-0.1, -0.05) is 35.4 Å². The molecule has 6 nitrogen and oxygen atoms in total. The van der Waals surface area contributed by atoms with E-state index in [9.17, 15) is 4.79 Å². The number of carbonyl (C=O) groups is 1. The molecule has 2 rings (SSSR count). The number of amides is 2. The second-order valence-electron chi connectivity index (χ2n) is 4.89. The molecule has 0 radical (unpaired) electrons. The molecule has 1 saturated heterocycles. The predicted molar refractivity (Wildman–Crippen MR) is 77.3 cm³/mol. The van der Waals surface area contributed by atoms with Gasteiger partial charge in [0.05, 0.1) is 0 Å². The molecular weight excluding hydrogens is 254 g/mol. The number of likely N-dealkylation sites (tertiary alicyclic amines) is 1. The Morgan fingerprint density at radius 3 is 2.70 bits per heavy atom. The fraction of sp³-hybridized carbons (Fsp3) is 0.500. The summed E-state index contributed by atoms with van der Waals surface area (Å²) >= 11 is 0. The van der Waals surface area contributed by atoms with Gasteiger partial charge in [0.2, 0.25) is 0 Å². The number of nitrogens with zero attached hydrogens (tertiary/aromatic N) is 4. The Kier molecular flexibility index (Phi) is 5.26. The first-order valence-electron chi connectivity index (χ1n) is 6.90. The van der Waals surface area contributed by atoms with Gasteiger partial charge in [-0.05, 0) is 30.4 Å². The van der Waals surface area contributed by atoms with Crippen LogP contribution in [0, 0.1) is 0 Å². The summed E-state index contributed by atoms with van der Waals surface area (Å²) in [6, 6.07) is 10.1. The number of hydrogen-bond acceptors (Lipinski definition) is 2. The van der Waals surface area contributed by atoms with Gasteiger partial charge in [0.25, 0.3) is 0 Å². The number of urea groups is 1. The molecular formula is C14H19N5O. The highest BCUT2D eigenvalue weighted by atomic mass is 16.2. The molecule has 1 aromatic rings. The van der Waals surface area contributed by atoms with Crippen LogP contribution < -0.4 is 5.32 Å². The highest BCUT2D eigenvalue weighted by molar-refractivity contribution is 5.74. The Morgan fingerprint density at radius 2 is 2.05 bits per heavy atom. The molecule has 1 fully saturated rings. The lowest BCUT2D eigenvalue weighted by molar-refractivity contribution is 0.182. The molecule has 0 bridgehead atoms. The molecule has 20 heavy (non-hydrogen) atoms. The fourth-order valence-electron chi connectivity index (χ4n) is 2.33. The Labute approximate surface area is 118 Å². The van der Waals surface area contributed by atoms with E-state index >= 15 is 0 Å². The van der Waals surface area contributed by atoms with Crippen LogP contribution in [0.25, 0.3) is 10.4 Å². The van der Waals surface area contributed by atoms with Crippen molar-refractivity contribution in [1.29, 1.82) is 0 Å². The third-order valence-corrected chi connectivity index (χ3v) is 3.50. The maximum atomic E-state index is 12.0. The van der Waals surface area contributed by atoms with Crippen molar-refractivity contribution in [1.82, 2.24) is 10.2 Å². The highest BCUT2D eigenvalue weighted by Gasteiger charge is 2.21. The molecule has 6 heteroatoms. The standard InChI is InChI=1S/C14H19N5O/c15-18-17-13-7-10-19(11-8-13)14(20)16-9-6-12-4-2-1-3-5-12/h1-5,13H,6-11H2,(H,16,20). The van der Waals surface area contributed by atoms with Gasteiger partial charge in [-0.15, -0.1) is 0 Å². The number of benzene rings is 1. The number of hydrogen-bond donors (Lipinski definition) is 1. The molecule has 0 spiro atoms. The SMILES string of the molecule is [N-]=[N+]=NC1CCN(C(=O)NCCc2ccccc2)CC1. The molecule has 1 N–H and O–H groups in total. The summed E-state index contributed by atoms with van der Waals surface area (Å²) in [5, 5.41) is 6.63. The minimum absolute atomic E-state index is 0.0275. The Morgan fingerprint density at radius 1 is 1.35 bits per heavy atom. The van der Waals surface area contributed by atoms with Gasteiger partial charge >= 0.3 is 6.03 Å². The number of carbonyl (C=O) groups excluding carboxylic acids is 1. The van der Waals surface area contributed by atoms with Crippen LogP contribution >= 0.6 is 0 Å².